The molecule has 0 fully saturated rings. The molecular weight excluding hydrogens is 232 g/mol. The topological polar surface area (TPSA) is 24.9 Å². The van der Waals surface area contributed by atoms with Crippen LogP contribution < -0.4 is 5.32 Å². The lowest BCUT2D eigenvalue weighted by molar-refractivity contribution is 0.495. The number of hydrogen-bond donors (Lipinski definition) is 1. The number of rotatable bonds is 6. The molecule has 0 spiro atoms. The van der Waals surface area contributed by atoms with Gasteiger partial charge in [0.2, 0.25) is 0 Å². The van der Waals surface area contributed by atoms with Crippen molar-refractivity contribution < 1.29 is 0 Å². The van der Waals surface area contributed by atoms with Gasteiger partial charge in [-0.05, 0) is 38.0 Å². The molecule has 0 amide bonds. The number of pyridine rings is 1. The van der Waals surface area contributed by atoms with Gasteiger partial charge in [0.15, 0.2) is 0 Å². The number of fused-ring (bicyclic) bond motifs is 1. The van der Waals surface area contributed by atoms with Crippen molar-refractivity contribution in [1.29, 1.82) is 0 Å². The molecule has 2 nitrogen and oxygen atoms in total. The maximum absolute atomic E-state index is 4.59. The molecule has 2 rings (SSSR count). The Bertz CT molecular complexity index is 534. The summed E-state index contributed by atoms with van der Waals surface area (Å²) in [4.78, 5) is 4.59. The predicted molar refractivity (Wildman–Crippen MR) is 82.3 cm³/mol. The van der Waals surface area contributed by atoms with Crippen LogP contribution in [0.15, 0.2) is 30.3 Å². The van der Waals surface area contributed by atoms with Gasteiger partial charge in [0.1, 0.15) is 0 Å². The lowest BCUT2D eigenvalue weighted by Crippen LogP contribution is -2.25. The van der Waals surface area contributed by atoms with Crippen molar-refractivity contribution in [3.63, 3.8) is 0 Å². The highest BCUT2D eigenvalue weighted by atomic mass is 14.9. The molecule has 0 aliphatic heterocycles. The zero-order valence-corrected chi connectivity index (χ0v) is 12.2. The van der Waals surface area contributed by atoms with Crippen molar-refractivity contribution >= 4 is 10.9 Å². The number of aryl methyl sites for hydroxylation is 1. The molecule has 0 radical (unpaired) electrons. The van der Waals surface area contributed by atoms with Crippen LogP contribution in [-0.2, 0) is 6.54 Å². The third-order valence-corrected chi connectivity index (χ3v) is 3.56. The number of para-hydroxylation sites is 1. The Balaban J connectivity index is 2.11. The van der Waals surface area contributed by atoms with Crippen molar-refractivity contribution in [2.45, 2.75) is 52.6 Å². The molecule has 19 heavy (non-hydrogen) atoms. The fourth-order valence-corrected chi connectivity index (χ4v) is 2.44. The standard InChI is InChI=1S/C17H24N2/c1-4-5-8-13(2)18-12-15-11-14(3)19-17-10-7-6-9-16(15)17/h6-7,9-11,13,18H,4-5,8,12H2,1-3H3. The van der Waals surface area contributed by atoms with E-state index in [1.807, 2.05) is 0 Å². The fourth-order valence-electron chi connectivity index (χ4n) is 2.44. The van der Waals surface area contributed by atoms with Crippen molar-refractivity contribution in [2.75, 3.05) is 0 Å². The zero-order chi connectivity index (χ0) is 13.7. The van der Waals surface area contributed by atoms with E-state index in [-0.39, 0.29) is 0 Å². The van der Waals surface area contributed by atoms with Crippen LogP contribution in [0.5, 0.6) is 0 Å². The maximum Gasteiger partial charge on any atom is 0.0708 e. The van der Waals surface area contributed by atoms with Gasteiger partial charge in [-0.2, -0.15) is 0 Å². The smallest absolute Gasteiger partial charge is 0.0708 e. The van der Waals surface area contributed by atoms with Crippen molar-refractivity contribution in [2.24, 2.45) is 0 Å². The molecule has 2 heteroatoms. The first-order valence-electron chi connectivity index (χ1n) is 7.29. The van der Waals surface area contributed by atoms with Gasteiger partial charge < -0.3 is 5.32 Å². The molecule has 1 aromatic carbocycles. The first-order chi connectivity index (χ1) is 9.20. The first kappa shape index (κ1) is 14.0. The third-order valence-electron chi connectivity index (χ3n) is 3.56. The second kappa shape index (κ2) is 6.67. The number of benzene rings is 1. The van der Waals surface area contributed by atoms with Crippen LogP contribution in [0.4, 0.5) is 0 Å². The quantitative estimate of drug-likeness (QED) is 0.837. The summed E-state index contributed by atoms with van der Waals surface area (Å²) in [6.07, 6.45) is 3.81. The number of hydrogen-bond acceptors (Lipinski definition) is 2. The molecule has 1 atom stereocenters. The van der Waals surface area contributed by atoms with Gasteiger partial charge in [0.05, 0.1) is 5.52 Å². The van der Waals surface area contributed by atoms with Crippen molar-refractivity contribution in [1.82, 2.24) is 10.3 Å². The molecule has 1 heterocycles. The number of nitrogens with one attached hydrogen (secondary N) is 1. The molecule has 102 valence electrons. The van der Waals surface area contributed by atoms with Crippen LogP contribution in [0.1, 0.15) is 44.4 Å². The largest absolute Gasteiger partial charge is 0.310 e. The molecule has 2 aromatic rings. The average Bonchev–Trinajstić information content (AvgIpc) is 2.42. The van der Waals surface area contributed by atoms with Gasteiger partial charge in [0, 0.05) is 23.7 Å². The van der Waals surface area contributed by atoms with E-state index in [4.69, 9.17) is 0 Å². The Labute approximate surface area is 116 Å². The summed E-state index contributed by atoms with van der Waals surface area (Å²) in [5.74, 6) is 0. The van der Waals surface area contributed by atoms with Crippen LogP contribution in [0, 0.1) is 6.92 Å². The normalized spacial score (nSPS) is 12.8. The summed E-state index contributed by atoms with van der Waals surface area (Å²) in [6.45, 7) is 7.50. The number of aromatic nitrogens is 1. The fraction of sp³-hybridized carbons (Fsp3) is 0.471. The molecule has 0 saturated heterocycles. The van der Waals surface area contributed by atoms with Crippen molar-refractivity contribution in [3.8, 4) is 0 Å². The Morgan fingerprint density at radius 2 is 2.05 bits per heavy atom. The van der Waals surface area contributed by atoms with E-state index in [9.17, 15) is 0 Å². The highest BCUT2D eigenvalue weighted by Crippen LogP contribution is 2.18. The van der Waals surface area contributed by atoms with Crippen LogP contribution in [0.25, 0.3) is 10.9 Å². The van der Waals surface area contributed by atoms with Crippen LogP contribution in [0.2, 0.25) is 0 Å². The molecule has 0 aliphatic carbocycles. The molecular formula is C17H24N2. The molecule has 1 aromatic heterocycles. The number of unbranched alkanes of at least 4 members (excludes halogenated alkanes) is 1. The highest BCUT2D eigenvalue weighted by molar-refractivity contribution is 5.82. The summed E-state index contributed by atoms with van der Waals surface area (Å²) in [5.41, 5.74) is 3.55. The van der Waals surface area contributed by atoms with Crippen molar-refractivity contribution in [3.05, 3.63) is 41.6 Å². The Morgan fingerprint density at radius 3 is 2.84 bits per heavy atom. The summed E-state index contributed by atoms with van der Waals surface area (Å²) < 4.78 is 0. The Hall–Kier alpha value is -1.41. The number of nitrogens with zero attached hydrogens (tertiary/aromatic N) is 1. The summed E-state index contributed by atoms with van der Waals surface area (Å²) in [5, 5.41) is 4.89. The van der Waals surface area contributed by atoms with Gasteiger partial charge >= 0.3 is 0 Å². The minimum atomic E-state index is 0.576. The Morgan fingerprint density at radius 1 is 1.26 bits per heavy atom. The second-order valence-corrected chi connectivity index (χ2v) is 5.36. The minimum Gasteiger partial charge on any atom is -0.310 e. The van der Waals surface area contributed by atoms with E-state index in [0.29, 0.717) is 6.04 Å². The monoisotopic (exact) mass is 256 g/mol. The van der Waals surface area contributed by atoms with E-state index in [2.05, 4.69) is 61.4 Å². The van der Waals surface area contributed by atoms with Gasteiger partial charge in [0.25, 0.3) is 0 Å². The predicted octanol–water partition coefficient (Wildman–Crippen LogP) is 4.21. The van der Waals surface area contributed by atoms with Crippen LogP contribution >= 0.6 is 0 Å². The van der Waals surface area contributed by atoms with E-state index in [0.717, 1.165) is 17.8 Å². The van der Waals surface area contributed by atoms with Gasteiger partial charge in [-0.1, -0.05) is 38.0 Å². The maximum atomic E-state index is 4.59. The molecule has 0 aliphatic rings. The SMILES string of the molecule is CCCCC(C)NCc1cc(C)nc2ccccc12. The van der Waals surface area contributed by atoms with Gasteiger partial charge in [-0.25, -0.2) is 0 Å². The zero-order valence-electron chi connectivity index (χ0n) is 12.2. The first-order valence-corrected chi connectivity index (χ1v) is 7.29. The lowest BCUT2D eigenvalue weighted by Gasteiger charge is -2.15. The van der Waals surface area contributed by atoms with E-state index in [1.165, 1.54) is 30.2 Å². The van der Waals surface area contributed by atoms with E-state index < -0.39 is 0 Å². The van der Waals surface area contributed by atoms with Gasteiger partial charge in [-0.15, -0.1) is 0 Å². The van der Waals surface area contributed by atoms with Crippen LogP contribution in [-0.4, -0.2) is 11.0 Å². The van der Waals surface area contributed by atoms with E-state index in [1.54, 1.807) is 0 Å². The molecule has 0 saturated carbocycles. The summed E-state index contributed by atoms with van der Waals surface area (Å²) in [7, 11) is 0. The van der Waals surface area contributed by atoms with E-state index >= 15 is 0 Å². The molecule has 0 bridgehead atoms. The van der Waals surface area contributed by atoms with Gasteiger partial charge in [-0.3, -0.25) is 4.98 Å². The minimum absolute atomic E-state index is 0.576. The molecule has 1 N–H and O–H groups in total. The highest BCUT2D eigenvalue weighted by Gasteiger charge is 2.05. The summed E-state index contributed by atoms with van der Waals surface area (Å²) >= 11 is 0. The summed E-state index contributed by atoms with van der Waals surface area (Å²) in [6, 6.07) is 11.2. The van der Waals surface area contributed by atoms with Crippen LogP contribution in [0.3, 0.4) is 0 Å². The second-order valence-electron chi connectivity index (χ2n) is 5.36. The molecule has 1 unspecified atom stereocenters. The third kappa shape index (κ3) is 3.77. The average molecular weight is 256 g/mol. The lowest BCUT2D eigenvalue weighted by atomic mass is 10.1. The Kier molecular flexibility index (Phi) is 4.92.